The topological polar surface area (TPSA) is 67.4 Å². The lowest BCUT2D eigenvalue weighted by Crippen LogP contribution is -2.39. The van der Waals surface area contributed by atoms with Crippen molar-refractivity contribution >= 4 is 11.9 Å². The van der Waals surface area contributed by atoms with Crippen molar-refractivity contribution in [3.05, 3.63) is 35.9 Å². The second-order valence-corrected chi connectivity index (χ2v) is 3.74. The predicted octanol–water partition coefficient (Wildman–Crippen LogP) is 0.240. The van der Waals surface area contributed by atoms with Crippen LogP contribution < -0.4 is 10.6 Å². The summed E-state index contributed by atoms with van der Waals surface area (Å²) in [7, 11) is 1.28. The largest absolute Gasteiger partial charge is 0.467 e. The van der Waals surface area contributed by atoms with Crippen LogP contribution in [0.2, 0.25) is 0 Å². The van der Waals surface area contributed by atoms with E-state index >= 15 is 0 Å². The van der Waals surface area contributed by atoms with E-state index in [1.165, 1.54) is 7.11 Å². The van der Waals surface area contributed by atoms with Crippen LogP contribution in [-0.2, 0) is 14.3 Å². The van der Waals surface area contributed by atoms with Gasteiger partial charge in [-0.25, -0.2) is 4.79 Å². The standard InChI is InChI=1S/C14H16N2O3/c1-3-9-15-10-12(17)16-13(14(18)19-2)11-7-5-4-6-8-11/h1,4-8,13,15H,9-10H2,2H3,(H,16,17). The number of carbonyl (C=O) groups is 2. The SMILES string of the molecule is C#CCNCC(=O)NC(C(=O)OC)c1ccccc1. The van der Waals surface area contributed by atoms with Crippen LogP contribution in [0.15, 0.2) is 30.3 Å². The van der Waals surface area contributed by atoms with E-state index in [9.17, 15) is 9.59 Å². The zero-order valence-corrected chi connectivity index (χ0v) is 10.7. The van der Waals surface area contributed by atoms with Crippen molar-refractivity contribution in [2.45, 2.75) is 6.04 Å². The first kappa shape index (κ1) is 14.7. The maximum Gasteiger partial charge on any atom is 0.333 e. The van der Waals surface area contributed by atoms with Crippen LogP contribution in [0.25, 0.3) is 0 Å². The molecule has 0 fully saturated rings. The van der Waals surface area contributed by atoms with Crippen molar-refractivity contribution in [3.8, 4) is 12.3 Å². The van der Waals surface area contributed by atoms with Crippen LogP contribution in [-0.4, -0.2) is 32.1 Å². The van der Waals surface area contributed by atoms with Gasteiger partial charge in [-0.05, 0) is 5.56 Å². The number of terminal acetylenes is 1. The minimum Gasteiger partial charge on any atom is -0.467 e. The van der Waals surface area contributed by atoms with E-state index in [4.69, 9.17) is 6.42 Å². The van der Waals surface area contributed by atoms with Crippen LogP contribution in [0.4, 0.5) is 0 Å². The summed E-state index contributed by atoms with van der Waals surface area (Å²) in [6.45, 7) is 0.339. The zero-order valence-electron chi connectivity index (χ0n) is 10.7. The molecule has 0 spiro atoms. The fourth-order valence-electron chi connectivity index (χ4n) is 1.50. The van der Waals surface area contributed by atoms with Crippen LogP contribution >= 0.6 is 0 Å². The summed E-state index contributed by atoms with van der Waals surface area (Å²) in [5.74, 6) is 1.52. The molecular formula is C14H16N2O3. The first-order chi connectivity index (χ1) is 9.19. The Bertz CT molecular complexity index is 465. The predicted molar refractivity (Wildman–Crippen MR) is 71.0 cm³/mol. The Morgan fingerprint density at radius 3 is 2.63 bits per heavy atom. The average molecular weight is 260 g/mol. The van der Waals surface area contributed by atoms with E-state index in [-0.39, 0.29) is 12.5 Å². The second-order valence-electron chi connectivity index (χ2n) is 3.74. The number of nitrogens with one attached hydrogen (secondary N) is 2. The summed E-state index contributed by atoms with van der Waals surface area (Å²) in [4.78, 5) is 23.4. The van der Waals surface area contributed by atoms with Crippen LogP contribution in [0.5, 0.6) is 0 Å². The first-order valence-corrected chi connectivity index (χ1v) is 5.75. The Labute approximate surface area is 112 Å². The van der Waals surface area contributed by atoms with Gasteiger partial charge in [-0.1, -0.05) is 36.3 Å². The quantitative estimate of drug-likeness (QED) is 0.437. The number of ether oxygens (including phenoxy) is 1. The summed E-state index contributed by atoms with van der Waals surface area (Å²) < 4.78 is 4.69. The summed E-state index contributed by atoms with van der Waals surface area (Å²) in [5.41, 5.74) is 0.666. The molecule has 0 aliphatic rings. The van der Waals surface area contributed by atoms with Gasteiger partial charge in [0.25, 0.3) is 0 Å². The number of benzene rings is 1. The fraction of sp³-hybridized carbons (Fsp3) is 0.286. The minimum atomic E-state index is -0.814. The van der Waals surface area contributed by atoms with Crippen LogP contribution in [0.1, 0.15) is 11.6 Å². The number of hydrogen-bond acceptors (Lipinski definition) is 4. The van der Waals surface area contributed by atoms with E-state index in [1.807, 2.05) is 6.07 Å². The van der Waals surface area contributed by atoms with Gasteiger partial charge < -0.3 is 10.1 Å². The lowest BCUT2D eigenvalue weighted by atomic mass is 10.1. The number of carbonyl (C=O) groups excluding carboxylic acids is 2. The first-order valence-electron chi connectivity index (χ1n) is 5.75. The molecule has 0 radical (unpaired) electrons. The number of hydrogen-bond donors (Lipinski definition) is 2. The third-order valence-electron chi connectivity index (χ3n) is 2.39. The Morgan fingerprint density at radius 1 is 1.37 bits per heavy atom. The third kappa shape index (κ3) is 4.82. The van der Waals surface area contributed by atoms with Crippen molar-refractivity contribution in [1.29, 1.82) is 0 Å². The normalized spacial score (nSPS) is 11.2. The molecule has 0 aliphatic carbocycles. The van der Waals surface area contributed by atoms with Gasteiger partial charge in [0.15, 0.2) is 6.04 Å². The zero-order chi connectivity index (χ0) is 14.1. The van der Waals surface area contributed by atoms with E-state index in [1.54, 1.807) is 24.3 Å². The Kier molecular flexibility index (Phi) is 6.13. The van der Waals surface area contributed by atoms with Gasteiger partial charge in [0, 0.05) is 0 Å². The van der Waals surface area contributed by atoms with Gasteiger partial charge in [0.1, 0.15) is 0 Å². The van der Waals surface area contributed by atoms with Gasteiger partial charge >= 0.3 is 5.97 Å². The number of methoxy groups -OCH3 is 1. The van der Waals surface area contributed by atoms with Crippen molar-refractivity contribution in [1.82, 2.24) is 10.6 Å². The fourth-order valence-corrected chi connectivity index (χ4v) is 1.50. The summed E-state index contributed by atoms with van der Waals surface area (Å²) >= 11 is 0. The molecule has 0 saturated carbocycles. The second kappa shape index (κ2) is 7.90. The molecule has 0 heterocycles. The number of rotatable bonds is 6. The lowest BCUT2D eigenvalue weighted by Gasteiger charge is -2.16. The monoisotopic (exact) mass is 260 g/mol. The van der Waals surface area contributed by atoms with Crippen LogP contribution in [0, 0.1) is 12.3 Å². The van der Waals surface area contributed by atoms with Gasteiger partial charge in [-0.15, -0.1) is 6.42 Å². The summed E-state index contributed by atoms with van der Waals surface area (Å²) in [6, 6.07) is 8.08. The molecule has 1 rings (SSSR count). The molecule has 100 valence electrons. The van der Waals surface area contributed by atoms with E-state index in [0.717, 1.165) is 0 Å². The van der Waals surface area contributed by atoms with Crippen molar-refractivity contribution in [2.24, 2.45) is 0 Å². The molecule has 1 aromatic rings. The molecule has 2 N–H and O–H groups in total. The van der Waals surface area contributed by atoms with Gasteiger partial charge in [0.05, 0.1) is 20.2 Å². The van der Waals surface area contributed by atoms with E-state index < -0.39 is 12.0 Å². The molecule has 19 heavy (non-hydrogen) atoms. The lowest BCUT2D eigenvalue weighted by molar-refractivity contribution is -0.145. The molecule has 1 amide bonds. The van der Waals surface area contributed by atoms with Gasteiger partial charge in [-0.2, -0.15) is 0 Å². The van der Waals surface area contributed by atoms with Crippen molar-refractivity contribution in [3.63, 3.8) is 0 Å². The highest BCUT2D eigenvalue weighted by Crippen LogP contribution is 2.13. The highest BCUT2D eigenvalue weighted by molar-refractivity contribution is 5.86. The third-order valence-corrected chi connectivity index (χ3v) is 2.39. The van der Waals surface area contributed by atoms with Gasteiger partial charge in [-0.3, -0.25) is 10.1 Å². The maximum atomic E-state index is 11.7. The highest BCUT2D eigenvalue weighted by atomic mass is 16.5. The maximum absolute atomic E-state index is 11.7. The molecule has 1 unspecified atom stereocenters. The van der Waals surface area contributed by atoms with E-state index in [0.29, 0.717) is 12.1 Å². The molecule has 5 nitrogen and oxygen atoms in total. The Morgan fingerprint density at radius 2 is 2.05 bits per heavy atom. The molecule has 0 aliphatic heterocycles. The summed E-state index contributed by atoms with van der Waals surface area (Å²) in [5, 5.41) is 5.35. The van der Waals surface area contributed by atoms with E-state index in [2.05, 4.69) is 21.3 Å². The highest BCUT2D eigenvalue weighted by Gasteiger charge is 2.22. The van der Waals surface area contributed by atoms with Gasteiger partial charge in [0.2, 0.25) is 5.91 Å². The molecular weight excluding hydrogens is 244 g/mol. The molecule has 1 atom stereocenters. The molecule has 0 saturated heterocycles. The van der Waals surface area contributed by atoms with Crippen molar-refractivity contribution in [2.75, 3.05) is 20.2 Å². The van der Waals surface area contributed by atoms with Crippen molar-refractivity contribution < 1.29 is 14.3 Å². The molecule has 1 aromatic carbocycles. The van der Waals surface area contributed by atoms with Crippen LogP contribution in [0.3, 0.4) is 0 Å². The number of amides is 1. The minimum absolute atomic E-state index is 0.0462. The average Bonchev–Trinajstić information content (AvgIpc) is 2.45. The Hall–Kier alpha value is -2.32. The molecule has 0 aromatic heterocycles. The number of esters is 1. The molecule has 0 bridgehead atoms. The molecule has 5 heteroatoms. The smallest absolute Gasteiger partial charge is 0.333 e. The Balaban J connectivity index is 2.69. The summed E-state index contributed by atoms with van der Waals surface area (Å²) in [6.07, 6.45) is 5.06.